The summed E-state index contributed by atoms with van der Waals surface area (Å²) in [6, 6.07) is 1.59. The lowest BCUT2D eigenvalue weighted by molar-refractivity contribution is 0.0659. The van der Waals surface area contributed by atoms with Crippen LogP contribution in [0.15, 0.2) is 32.3 Å². The summed E-state index contributed by atoms with van der Waals surface area (Å²) in [6.45, 7) is 1.78. The van der Waals surface area contributed by atoms with Crippen molar-refractivity contribution >= 4 is 21.9 Å². The Morgan fingerprint density at radius 3 is 2.94 bits per heavy atom. The van der Waals surface area contributed by atoms with E-state index in [1.165, 1.54) is 17.1 Å². The number of nitrogens with zero attached hydrogens (tertiary/aromatic N) is 2. The van der Waals surface area contributed by atoms with Crippen molar-refractivity contribution in [1.82, 2.24) is 9.55 Å². The van der Waals surface area contributed by atoms with Crippen LogP contribution in [0, 0.1) is 6.92 Å². The fourth-order valence-corrected chi connectivity index (χ4v) is 1.89. The van der Waals surface area contributed by atoms with Gasteiger partial charge in [0, 0.05) is 11.8 Å². The van der Waals surface area contributed by atoms with Crippen molar-refractivity contribution in [2.24, 2.45) is 0 Å². The van der Waals surface area contributed by atoms with Crippen molar-refractivity contribution in [2.45, 2.75) is 13.5 Å². The maximum Gasteiger partial charge on any atom is 0.372 e. The van der Waals surface area contributed by atoms with Crippen molar-refractivity contribution in [3.05, 3.63) is 50.5 Å². The van der Waals surface area contributed by atoms with Crippen molar-refractivity contribution < 1.29 is 14.3 Å². The van der Waals surface area contributed by atoms with Gasteiger partial charge in [-0.05, 0) is 28.9 Å². The van der Waals surface area contributed by atoms with Crippen molar-refractivity contribution in [1.29, 1.82) is 0 Å². The zero-order chi connectivity index (χ0) is 13.3. The highest BCUT2D eigenvalue weighted by atomic mass is 79.9. The Bertz CT molecular complexity index is 659. The maximum absolute atomic E-state index is 11.7. The number of carboxylic acid groups (broad SMARTS) is 1. The lowest BCUT2D eigenvalue weighted by Crippen LogP contribution is -2.20. The Hall–Kier alpha value is -1.89. The number of furan rings is 1. The SMILES string of the molecule is Cc1cc(Cn2cncc(Br)c2=O)oc1C(=O)O. The van der Waals surface area contributed by atoms with Crippen LogP contribution in [0.3, 0.4) is 0 Å². The van der Waals surface area contributed by atoms with Crippen LogP contribution in [0.25, 0.3) is 0 Å². The number of aryl methyl sites for hydroxylation is 1. The largest absolute Gasteiger partial charge is 0.475 e. The Labute approximate surface area is 110 Å². The number of halogens is 1. The Kier molecular flexibility index (Phi) is 3.33. The van der Waals surface area contributed by atoms with Gasteiger partial charge in [-0.25, -0.2) is 9.78 Å². The number of rotatable bonds is 3. The fraction of sp³-hybridized carbons (Fsp3) is 0.182. The number of aromatic carboxylic acids is 1. The predicted octanol–water partition coefficient (Wildman–Crippen LogP) is 1.65. The van der Waals surface area contributed by atoms with Crippen LogP contribution in [0.1, 0.15) is 21.9 Å². The van der Waals surface area contributed by atoms with Gasteiger partial charge in [0.2, 0.25) is 5.76 Å². The molecule has 0 aliphatic rings. The average molecular weight is 313 g/mol. The molecule has 1 N–H and O–H groups in total. The van der Waals surface area contributed by atoms with E-state index in [1.807, 2.05) is 0 Å². The van der Waals surface area contributed by atoms with Gasteiger partial charge in [-0.2, -0.15) is 0 Å². The minimum absolute atomic E-state index is 0.110. The minimum Gasteiger partial charge on any atom is -0.475 e. The zero-order valence-corrected chi connectivity index (χ0v) is 11.0. The molecule has 94 valence electrons. The van der Waals surface area contributed by atoms with Crippen LogP contribution in [0.5, 0.6) is 0 Å². The van der Waals surface area contributed by atoms with Gasteiger partial charge in [-0.1, -0.05) is 0 Å². The van der Waals surface area contributed by atoms with Crippen LogP contribution in [-0.4, -0.2) is 20.6 Å². The van der Waals surface area contributed by atoms with E-state index in [4.69, 9.17) is 9.52 Å². The molecule has 0 aliphatic heterocycles. The number of hydrogen-bond donors (Lipinski definition) is 1. The number of carbonyl (C=O) groups is 1. The maximum atomic E-state index is 11.7. The molecule has 0 fully saturated rings. The number of carboxylic acids is 1. The second kappa shape index (κ2) is 4.77. The van der Waals surface area contributed by atoms with Crippen molar-refractivity contribution in [3.63, 3.8) is 0 Å². The normalized spacial score (nSPS) is 10.6. The second-order valence-corrected chi connectivity index (χ2v) is 4.56. The average Bonchev–Trinajstić information content (AvgIpc) is 2.66. The quantitative estimate of drug-likeness (QED) is 0.931. The molecular weight excluding hydrogens is 304 g/mol. The van der Waals surface area contributed by atoms with Gasteiger partial charge in [0.15, 0.2) is 0 Å². The first-order valence-electron chi connectivity index (χ1n) is 5.01. The van der Waals surface area contributed by atoms with Gasteiger partial charge >= 0.3 is 5.97 Å². The fourth-order valence-electron chi connectivity index (χ4n) is 1.54. The molecule has 0 bridgehead atoms. The van der Waals surface area contributed by atoms with E-state index in [0.29, 0.717) is 15.8 Å². The molecule has 0 spiro atoms. The molecule has 0 saturated carbocycles. The Morgan fingerprint density at radius 1 is 1.61 bits per heavy atom. The first kappa shape index (κ1) is 12.6. The third kappa shape index (κ3) is 2.35. The van der Waals surface area contributed by atoms with Gasteiger partial charge < -0.3 is 9.52 Å². The summed E-state index contributed by atoms with van der Waals surface area (Å²) < 4.78 is 6.84. The van der Waals surface area contributed by atoms with Crippen molar-refractivity contribution in [2.75, 3.05) is 0 Å². The van der Waals surface area contributed by atoms with Gasteiger partial charge in [0.05, 0.1) is 12.9 Å². The van der Waals surface area contributed by atoms with Crippen LogP contribution >= 0.6 is 15.9 Å². The highest BCUT2D eigenvalue weighted by Crippen LogP contribution is 2.15. The molecule has 2 aromatic heterocycles. The van der Waals surface area contributed by atoms with Crippen LogP contribution < -0.4 is 5.56 Å². The number of hydrogen-bond acceptors (Lipinski definition) is 4. The first-order chi connectivity index (χ1) is 8.49. The Balaban J connectivity index is 2.35. The molecule has 2 rings (SSSR count). The standard InChI is InChI=1S/C11H9BrN2O4/c1-6-2-7(18-9(6)11(16)17)4-14-5-13-3-8(12)10(14)15/h2-3,5H,4H2,1H3,(H,16,17). The molecule has 0 aromatic carbocycles. The molecule has 6 nitrogen and oxygen atoms in total. The molecule has 0 unspecified atom stereocenters. The van der Waals surface area contributed by atoms with Crippen LogP contribution in [0.2, 0.25) is 0 Å². The number of aromatic nitrogens is 2. The molecular formula is C11H9BrN2O4. The molecule has 0 saturated heterocycles. The summed E-state index contributed by atoms with van der Waals surface area (Å²) in [5, 5.41) is 8.86. The molecule has 0 amide bonds. The smallest absolute Gasteiger partial charge is 0.372 e. The topological polar surface area (TPSA) is 85.3 Å². The second-order valence-electron chi connectivity index (χ2n) is 3.70. The minimum atomic E-state index is -1.13. The van der Waals surface area contributed by atoms with E-state index >= 15 is 0 Å². The van der Waals surface area contributed by atoms with E-state index < -0.39 is 5.97 Å². The summed E-state index contributed by atoms with van der Waals surface area (Å²) in [4.78, 5) is 26.4. The molecule has 2 heterocycles. The highest BCUT2D eigenvalue weighted by Gasteiger charge is 2.15. The predicted molar refractivity (Wildman–Crippen MR) is 65.7 cm³/mol. The summed E-state index contributed by atoms with van der Waals surface area (Å²) in [5.41, 5.74) is 0.268. The Morgan fingerprint density at radius 2 is 2.33 bits per heavy atom. The van der Waals surface area contributed by atoms with E-state index in [0.717, 1.165) is 0 Å². The summed E-state index contributed by atoms with van der Waals surface area (Å²) in [6.07, 6.45) is 2.76. The third-order valence-electron chi connectivity index (χ3n) is 2.35. The van der Waals surface area contributed by atoms with Crippen LogP contribution in [0.4, 0.5) is 0 Å². The van der Waals surface area contributed by atoms with Crippen molar-refractivity contribution in [3.8, 4) is 0 Å². The van der Waals surface area contributed by atoms with Gasteiger partial charge in [0.25, 0.3) is 5.56 Å². The molecule has 2 aromatic rings. The molecule has 0 aliphatic carbocycles. The first-order valence-corrected chi connectivity index (χ1v) is 5.81. The van der Waals surface area contributed by atoms with Gasteiger partial charge in [-0.15, -0.1) is 0 Å². The lowest BCUT2D eigenvalue weighted by Gasteiger charge is -2.02. The van der Waals surface area contributed by atoms with E-state index in [9.17, 15) is 9.59 Å². The summed E-state index contributed by atoms with van der Waals surface area (Å²) >= 11 is 3.08. The third-order valence-corrected chi connectivity index (χ3v) is 2.89. The summed E-state index contributed by atoms with van der Waals surface area (Å²) in [7, 11) is 0. The monoisotopic (exact) mass is 312 g/mol. The van der Waals surface area contributed by atoms with Crippen LogP contribution in [-0.2, 0) is 6.54 Å². The van der Waals surface area contributed by atoms with Gasteiger partial charge in [-0.3, -0.25) is 9.36 Å². The molecule has 0 atom stereocenters. The molecule has 0 radical (unpaired) electrons. The highest BCUT2D eigenvalue weighted by molar-refractivity contribution is 9.10. The molecule has 18 heavy (non-hydrogen) atoms. The van der Waals surface area contributed by atoms with E-state index in [-0.39, 0.29) is 17.9 Å². The zero-order valence-electron chi connectivity index (χ0n) is 9.38. The summed E-state index contributed by atoms with van der Waals surface area (Å²) in [5.74, 6) is -0.841. The van der Waals surface area contributed by atoms with E-state index in [1.54, 1.807) is 13.0 Å². The van der Waals surface area contributed by atoms with E-state index in [2.05, 4.69) is 20.9 Å². The molecule has 7 heteroatoms. The lowest BCUT2D eigenvalue weighted by atomic mass is 10.2. The van der Waals surface area contributed by atoms with Gasteiger partial charge in [0.1, 0.15) is 10.2 Å².